The van der Waals surface area contributed by atoms with E-state index in [1.165, 1.54) is 29.0 Å². The Kier molecular flexibility index (Phi) is 3.94. The number of nitrogens with zero attached hydrogens (tertiary/aromatic N) is 1. The van der Waals surface area contributed by atoms with Crippen molar-refractivity contribution in [1.29, 1.82) is 0 Å². The van der Waals surface area contributed by atoms with E-state index < -0.39 is 0 Å². The molecule has 2 aromatic rings. The highest BCUT2D eigenvalue weighted by atomic mass is 79.9. The van der Waals surface area contributed by atoms with Crippen molar-refractivity contribution < 1.29 is 0 Å². The molecule has 0 saturated carbocycles. The molecule has 19 heavy (non-hydrogen) atoms. The molecule has 0 radical (unpaired) electrons. The summed E-state index contributed by atoms with van der Waals surface area (Å²) >= 11 is 11.4. The van der Waals surface area contributed by atoms with Crippen LogP contribution in [0.15, 0.2) is 22.7 Å². The first kappa shape index (κ1) is 13.6. The van der Waals surface area contributed by atoms with Crippen molar-refractivity contribution in [2.24, 2.45) is 0 Å². The second-order valence-corrected chi connectivity index (χ2v) is 7.07. The Balaban J connectivity index is 1.99. The monoisotopic (exact) mass is 356 g/mol. The molecule has 1 atom stereocenters. The minimum absolute atomic E-state index is 0.127. The average Bonchev–Trinajstić information content (AvgIpc) is 2.93. The zero-order valence-electron chi connectivity index (χ0n) is 10.5. The van der Waals surface area contributed by atoms with E-state index in [1.807, 2.05) is 30.5 Å². The van der Waals surface area contributed by atoms with Crippen molar-refractivity contribution in [3.63, 3.8) is 0 Å². The van der Waals surface area contributed by atoms with Crippen LogP contribution in [-0.4, -0.2) is 12.0 Å². The van der Waals surface area contributed by atoms with Gasteiger partial charge in [-0.05, 0) is 44.0 Å². The van der Waals surface area contributed by atoms with Gasteiger partial charge in [0.2, 0.25) is 0 Å². The maximum Gasteiger partial charge on any atom is 0.115 e. The van der Waals surface area contributed by atoms with Crippen molar-refractivity contribution >= 4 is 38.9 Å². The maximum atomic E-state index is 6.01. The third-order valence-corrected chi connectivity index (χ3v) is 5.57. The lowest BCUT2D eigenvalue weighted by Crippen LogP contribution is -2.18. The molecule has 1 N–H and O–H groups in total. The topological polar surface area (TPSA) is 24.9 Å². The van der Waals surface area contributed by atoms with Gasteiger partial charge < -0.3 is 5.32 Å². The molecule has 1 heterocycles. The molecular formula is C14H14BrClN2S. The van der Waals surface area contributed by atoms with Crippen LogP contribution in [0.2, 0.25) is 5.02 Å². The van der Waals surface area contributed by atoms with Gasteiger partial charge in [0.15, 0.2) is 0 Å². The molecule has 1 aromatic heterocycles. The Morgan fingerprint density at radius 3 is 2.95 bits per heavy atom. The van der Waals surface area contributed by atoms with Gasteiger partial charge in [-0.3, -0.25) is 0 Å². The number of fused-ring (bicyclic) bond motifs is 1. The molecule has 5 heteroatoms. The Morgan fingerprint density at radius 1 is 1.42 bits per heavy atom. The van der Waals surface area contributed by atoms with Crippen LogP contribution in [0.5, 0.6) is 0 Å². The maximum absolute atomic E-state index is 6.01. The third-order valence-electron chi connectivity index (χ3n) is 3.42. The number of benzene rings is 1. The van der Waals surface area contributed by atoms with E-state index in [0.29, 0.717) is 0 Å². The number of hydrogen-bond acceptors (Lipinski definition) is 3. The van der Waals surface area contributed by atoms with Crippen LogP contribution in [0, 0.1) is 0 Å². The van der Waals surface area contributed by atoms with Gasteiger partial charge in [0.25, 0.3) is 0 Å². The molecule has 1 unspecified atom stereocenters. The number of halogens is 2. The lowest BCUT2D eigenvalue weighted by atomic mass is 10.1. The fourth-order valence-electron chi connectivity index (χ4n) is 2.48. The smallest absolute Gasteiger partial charge is 0.115 e. The fraction of sp³-hybridized carbons (Fsp3) is 0.357. The highest BCUT2D eigenvalue weighted by Gasteiger charge is 2.23. The molecule has 0 fully saturated rings. The van der Waals surface area contributed by atoms with E-state index in [9.17, 15) is 0 Å². The third kappa shape index (κ3) is 2.59. The normalized spacial score (nSPS) is 15.5. The molecule has 0 spiro atoms. The standard InChI is InChI=1S/C14H14BrClN2S/c1-17-13(9-6-5-8(16)7-10(9)15)14-18-11-3-2-4-12(11)19-14/h5-7,13,17H,2-4H2,1H3. The minimum atomic E-state index is 0.127. The molecule has 0 amide bonds. The van der Waals surface area contributed by atoms with Crippen LogP contribution in [0.25, 0.3) is 0 Å². The quantitative estimate of drug-likeness (QED) is 0.883. The zero-order chi connectivity index (χ0) is 13.4. The van der Waals surface area contributed by atoms with Gasteiger partial charge in [0, 0.05) is 14.4 Å². The van der Waals surface area contributed by atoms with E-state index in [0.717, 1.165) is 20.9 Å². The molecular weight excluding hydrogens is 344 g/mol. The van der Waals surface area contributed by atoms with E-state index in [1.54, 1.807) is 0 Å². The SMILES string of the molecule is CNC(c1nc2c(s1)CCC2)c1ccc(Cl)cc1Br. The molecule has 1 aliphatic rings. The molecule has 100 valence electrons. The first-order valence-corrected chi connectivity index (χ1v) is 8.28. The Bertz CT molecular complexity index is 590. The molecule has 0 saturated heterocycles. The fourth-order valence-corrected chi connectivity index (χ4v) is 4.68. The van der Waals surface area contributed by atoms with Crippen LogP contribution in [-0.2, 0) is 12.8 Å². The Morgan fingerprint density at radius 2 is 2.26 bits per heavy atom. The zero-order valence-corrected chi connectivity index (χ0v) is 13.7. The van der Waals surface area contributed by atoms with Crippen LogP contribution < -0.4 is 5.32 Å². The summed E-state index contributed by atoms with van der Waals surface area (Å²) in [7, 11) is 1.97. The van der Waals surface area contributed by atoms with Crippen molar-refractivity contribution in [3.8, 4) is 0 Å². The van der Waals surface area contributed by atoms with Gasteiger partial charge >= 0.3 is 0 Å². The Hall–Kier alpha value is -0.420. The number of thiazole rings is 1. The first-order chi connectivity index (χ1) is 9.19. The summed E-state index contributed by atoms with van der Waals surface area (Å²) in [6.07, 6.45) is 3.57. The number of rotatable bonds is 3. The summed E-state index contributed by atoms with van der Waals surface area (Å²) in [5.74, 6) is 0. The van der Waals surface area contributed by atoms with Crippen molar-refractivity contribution in [3.05, 3.63) is 48.8 Å². The lowest BCUT2D eigenvalue weighted by molar-refractivity contribution is 0.680. The van der Waals surface area contributed by atoms with Crippen molar-refractivity contribution in [2.75, 3.05) is 7.05 Å². The minimum Gasteiger partial charge on any atom is -0.307 e. The van der Waals surface area contributed by atoms with Crippen molar-refractivity contribution in [1.82, 2.24) is 10.3 Å². The molecule has 0 aliphatic heterocycles. The second kappa shape index (κ2) is 5.52. The van der Waals surface area contributed by atoms with E-state index in [4.69, 9.17) is 16.6 Å². The number of nitrogens with one attached hydrogen (secondary N) is 1. The summed E-state index contributed by atoms with van der Waals surface area (Å²) in [5, 5.41) is 5.25. The van der Waals surface area contributed by atoms with Gasteiger partial charge in [0.05, 0.1) is 11.7 Å². The van der Waals surface area contributed by atoms with Crippen LogP contribution in [0.3, 0.4) is 0 Å². The summed E-state index contributed by atoms with van der Waals surface area (Å²) in [5.41, 5.74) is 2.48. The highest BCUT2D eigenvalue weighted by molar-refractivity contribution is 9.10. The van der Waals surface area contributed by atoms with Gasteiger partial charge in [-0.15, -0.1) is 11.3 Å². The van der Waals surface area contributed by atoms with Gasteiger partial charge in [-0.2, -0.15) is 0 Å². The molecule has 0 bridgehead atoms. The summed E-state index contributed by atoms with van der Waals surface area (Å²) in [6.45, 7) is 0. The van der Waals surface area contributed by atoms with E-state index in [-0.39, 0.29) is 6.04 Å². The van der Waals surface area contributed by atoms with Crippen LogP contribution in [0.1, 0.15) is 33.6 Å². The molecule has 1 aromatic carbocycles. The summed E-state index contributed by atoms with van der Waals surface area (Å²) in [6, 6.07) is 6.04. The molecule has 2 nitrogen and oxygen atoms in total. The van der Waals surface area contributed by atoms with E-state index in [2.05, 4.69) is 27.3 Å². The average molecular weight is 358 g/mol. The van der Waals surface area contributed by atoms with Gasteiger partial charge in [-0.25, -0.2) is 4.98 Å². The Labute approximate surface area is 130 Å². The second-order valence-electron chi connectivity index (χ2n) is 4.66. The number of aryl methyl sites for hydroxylation is 2. The van der Waals surface area contributed by atoms with E-state index >= 15 is 0 Å². The summed E-state index contributed by atoms with van der Waals surface area (Å²) < 4.78 is 1.02. The molecule has 3 rings (SSSR count). The predicted molar refractivity (Wildman–Crippen MR) is 84.2 cm³/mol. The van der Waals surface area contributed by atoms with Crippen LogP contribution >= 0.6 is 38.9 Å². The largest absolute Gasteiger partial charge is 0.307 e. The van der Waals surface area contributed by atoms with Crippen LogP contribution in [0.4, 0.5) is 0 Å². The van der Waals surface area contributed by atoms with Gasteiger partial charge in [-0.1, -0.05) is 33.6 Å². The first-order valence-electron chi connectivity index (χ1n) is 6.29. The molecule has 1 aliphatic carbocycles. The van der Waals surface area contributed by atoms with Gasteiger partial charge in [0.1, 0.15) is 5.01 Å². The lowest BCUT2D eigenvalue weighted by Gasteiger charge is -2.16. The predicted octanol–water partition coefficient (Wildman–Crippen LogP) is 4.36. The number of hydrogen-bond donors (Lipinski definition) is 1. The highest BCUT2D eigenvalue weighted by Crippen LogP contribution is 2.36. The van der Waals surface area contributed by atoms with Crippen molar-refractivity contribution in [2.45, 2.75) is 25.3 Å². The number of aromatic nitrogens is 1. The summed E-state index contributed by atoms with van der Waals surface area (Å²) in [4.78, 5) is 6.26.